The molecule has 4 rings (SSSR count). The van der Waals surface area contributed by atoms with Gasteiger partial charge in [-0.1, -0.05) is 31.4 Å². The third-order valence-electron chi connectivity index (χ3n) is 8.12. The van der Waals surface area contributed by atoms with E-state index >= 15 is 0 Å². The predicted octanol–water partition coefficient (Wildman–Crippen LogP) is 3.08. The molecule has 2 unspecified atom stereocenters. The van der Waals surface area contributed by atoms with E-state index in [-0.39, 0.29) is 24.2 Å². The van der Waals surface area contributed by atoms with Gasteiger partial charge in [0.25, 0.3) is 0 Å². The van der Waals surface area contributed by atoms with E-state index in [1.54, 1.807) is 12.1 Å². The molecule has 1 heterocycles. The summed E-state index contributed by atoms with van der Waals surface area (Å²) in [5.74, 6) is 0.164. The van der Waals surface area contributed by atoms with Crippen LogP contribution in [0.25, 0.3) is 0 Å². The Kier molecular flexibility index (Phi) is 7.70. The summed E-state index contributed by atoms with van der Waals surface area (Å²) < 4.78 is 32.0. The Hall–Kier alpha value is -1.19. The minimum Gasteiger partial charge on any atom is -0.390 e. The van der Waals surface area contributed by atoms with Gasteiger partial charge in [-0.25, -0.2) is 8.42 Å². The average molecular weight is 481 g/mol. The second kappa shape index (κ2) is 10.2. The summed E-state index contributed by atoms with van der Waals surface area (Å²) in [5.41, 5.74) is -0.102. The van der Waals surface area contributed by atoms with Crippen molar-refractivity contribution >= 4 is 15.7 Å². The van der Waals surface area contributed by atoms with Crippen molar-refractivity contribution in [1.29, 1.82) is 0 Å². The molecule has 186 valence electrons. The Labute approximate surface area is 198 Å². The molecular formula is C25H40N2O5S. The second-order valence-electron chi connectivity index (χ2n) is 10.4. The van der Waals surface area contributed by atoms with Gasteiger partial charge in [-0.3, -0.25) is 4.72 Å². The number of likely N-dealkylation sites (tertiary alicyclic amines) is 1. The van der Waals surface area contributed by atoms with Crippen LogP contribution in [0.1, 0.15) is 63.4 Å². The zero-order chi connectivity index (χ0) is 23.5. The third-order valence-corrected chi connectivity index (χ3v) is 9.37. The van der Waals surface area contributed by atoms with E-state index in [4.69, 9.17) is 4.74 Å². The molecule has 0 radical (unpaired) electrons. The second-order valence-corrected chi connectivity index (χ2v) is 12.3. The van der Waals surface area contributed by atoms with Gasteiger partial charge in [-0.05, 0) is 62.8 Å². The molecule has 8 heteroatoms. The van der Waals surface area contributed by atoms with Crippen LogP contribution in [0.4, 0.5) is 5.69 Å². The Morgan fingerprint density at radius 2 is 1.82 bits per heavy atom. The van der Waals surface area contributed by atoms with E-state index in [9.17, 15) is 18.6 Å². The highest BCUT2D eigenvalue weighted by molar-refractivity contribution is 7.92. The largest absolute Gasteiger partial charge is 0.390 e. The van der Waals surface area contributed by atoms with E-state index in [1.807, 2.05) is 12.1 Å². The van der Waals surface area contributed by atoms with Crippen LogP contribution in [0.3, 0.4) is 0 Å². The van der Waals surface area contributed by atoms with E-state index in [0.717, 1.165) is 76.6 Å². The molecule has 1 saturated heterocycles. The van der Waals surface area contributed by atoms with E-state index < -0.39 is 21.2 Å². The quantitative estimate of drug-likeness (QED) is 0.476. The molecule has 2 bridgehead atoms. The lowest BCUT2D eigenvalue weighted by Gasteiger charge is -2.45. The van der Waals surface area contributed by atoms with Crippen LogP contribution in [0.2, 0.25) is 0 Å². The van der Waals surface area contributed by atoms with Gasteiger partial charge in [0.05, 0.1) is 23.6 Å². The number of aliphatic hydroxyl groups is 2. The highest BCUT2D eigenvalue weighted by atomic mass is 32.2. The summed E-state index contributed by atoms with van der Waals surface area (Å²) in [5, 5.41) is 22.6. The van der Waals surface area contributed by atoms with Crippen molar-refractivity contribution in [3.8, 4) is 0 Å². The fraction of sp³-hybridized carbons (Fsp3) is 0.760. The molecule has 1 aliphatic heterocycles. The van der Waals surface area contributed by atoms with Crippen molar-refractivity contribution in [3.05, 3.63) is 29.8 Å². The smallest absolute Gasteiger partial charge is 0.234 e. The number of rotatable bonds is 10. The van der Waals surface area contributed by atoms with E-state index in [0.29, 0.717) is 5.69 Å². The molecule has 1 aromatic carbocycles. The van der Waals surface area contributed by atoms with Crippen LogP contribution in [0.5, 0.6) is 0 Å². The van der Waals surface area contributed by atoms with Crippen LogP contribution in [-0.4, -0.2) is 68.2 Å². The summed E-state index contributed by atoms with van der Waals surface area (Å²) in [6.45, 7) is 2.78. The Balaban J connectivity index is 1.38. The minimum atomic E-state index is -3.49. The lowest BCUT2D eigenvalue weighted by molar-refractivity contribution is -0.0910. The molecule has 3 fully saturated rings. The molecular weight excluding hydrogens is 440 g/mol. The van der Waals surface area contributed by atoms with Crippen molar-refractivity contribution in [3.63, 3.8) is 0 Å². The molecule has 0 amide bonds. The molecule has 3 N–H and O–H groups in total. The van der Waals surface area contributed by atoms with Gasteiger partial charge in [0.15, 0.2) is 0 Å². The van der Waals surface area contributed by atoms with Crippen molar-refractivity contribution in [2.75, 3.05) is 43.8 Å². The van der Waals surface area contributed by atoms with E-state index in [2.05, 4.69) is 9.62 Å². The minimum absolute atomic E-state index is 0.104. The number of nitrogens with zero attached hydrogens (tertiary/aromatic N) is 1. The highest BCUT2D eigenvalue weighted by Gasteiger charge is 2.53. The molecule has 3 aliphatic rings. The number of ether oxygens (including phenoxy) is 1. The number of nitrogens with one attached hydrogen (secondary N) is 1. The molecule has 1 aromatic rings. The molecule has 33 heavy (non-hydrogen) atoms. The van der Waals surface area contributed by atoms with Gasteiger partial charge in [-0.2, -0.15) is 0 Å². The number of benzene rings is 1. The summed E-state index contributed by atoms with van der Waals surface area (Å²) in [4.78, 5) is 2.46. The molecule has 2 aliphatic carbocycles. The molecule has 7 nitrogen and oxygen atoms in total. The third kappa shape index (κ3) is 5.73. The van der Waals surface area contributed by atoms with Gasteiger partial charge in [-0.15, -0.1) is 0 Å². The van der Waals surface area contributed by atoms with Crippen LogP contribution in [0.15, 0.2) is 24.3 Å². The first-order valence-electron chi connectivity index (χ1n) is 12.5. The van der Waals surface area contributed by atoms with Gasteiger partial charge < -0.3 is 19.8 Å². The van der Waals surface area contributed by atoms with Crippen LogP contribution >= 0.6 is 0 Å². The first-order valence-corrected chi connectivity index (χ1v) is 14.2. The summed E-state index contributed by atoms with van der Waals surface area (Å²) >= 11 is 0. The van der Waals surface area contributed by atoms with Crippen molar-refractivity contribution in [1.82, 2.24) is 4.90 Å². The number of piperidine rings is 1. The van der Waals surface area contributed by atoms with Gasteiger partial charge in [0.1, 0.15) is 0 Å². The maximum Gasteiger partial charge on any atom is 0.234 e. The standard InChI is InChI=1S/C25H40N2O5S/c1-32-15-16-33(30,31)26-23-8-5-7-20(17-23)25(29)21-9-10-22(25)19-27(18-21)14-6-13-24(28)11-3-2-4-12-24/h5,7-8,17,21-22,26,28-29H,2-4,6,9-16,18-19H2,1H3. The SMILES string of the molecule is COCCS(=O)(=O)Nc1cccc(C2(O)C3CCC2CN(CCCC2(O)CCCCC2)C3)c1. The molecule has 2 atom stereocenters. The Morgan fingerprint density at radius 3 is 2.48 bits per heavy atom. The number of hydrogen-bond donors (Lipinski definition) is 3. The van der Waals surface area contributed by atoms with Gasteiger partial charge in [0, 0.05) is 37.7 Å². The average Bonchev–Trinajstić information content (AvgIpc) is 2.95. The van der Waals surface area contributed by atoms with Gasteiger partial charge in [0.2, 0.25) is 10.0 Å². The first-order chi connectivity index (χ1) is 15.7. The monoisotopic (exact) mass is 480 g/mol. The Bertz CT molecular complexity index is 886. The van der Waals surface area contributed by atoms with E-state index in [1.165, 1.54) is 13.5 Å². The lowest BCUT2D eigenvalue weighted by atomic mass is 9.75. The van der Waals surface area contributed by atoms with Crippen molar-refractivity contribution in [2.45, 2.75) is 69.0 Å². The normalized spacial score (nSPS) is 29.8. The number of sulfonamides is 1. The predicted molar refractivity (Wildman–Crippen MR) is 130 cm³/mol. The fourth-order valence-corrected chi connectivity index (χ4v) is 7.31. The van der Waals surface area contributed by atoms with Crippen LogP contribution < -0.4 is 4.72 Å². The van der Waals surface area contributed by atoms with Crippen LogP contribution in [0, 0.1) is 11.8 Å². The van der Waals surface area contributed by atoms with Gasteiger partial charge >= 0.3 is 0 Å². The maximum absolute atomic E-state index is 12.3. The first kappa shape index (κ1) is 24.9. The number of fused-ring (bicyclic) bond motifs is 2. The lowest BCUT2D eigenvalue weighted by Crippen LogP contribution is -2.52. The fourth-order valence-electron chi connectivity index (χ4n) is 6.34. The molecule has 0 spiro atoms. The summed E-state index contributed by atoms with van der Waals surface area (Å²) in [6, 6.07) is 7.26. The van der Waals surface area contributed by atoms with Crippen LogP contribution in [-0.2, 0) is 20.4 Å². The number of anilines is 1. The summed E-state index contributed by atoms with van der Waals surface area (Å²) in [6.07, 6.45) is 9.20. The summed E-state index contributed by atoms with van der Waals surface area (Å²) in [7, 11) is -2.02. The topological polar surface area (TPSA) is 99.1 Å². The zero-order valence-electron chi connectivity index (χ0n) is 19.8. The van der Waals surface area contributed by atoms with Crippen molar-refractivity contribution in [2.24, 2.45) is 11.8 Å². The number of hydrogen-bond acceptors (Lipinski definition) is 6. The number of methoxy groups -OCH3 is 1. The maximum atomic E-state index is 12.3. The highest BCUT2D eigenvalue weighted by Crippen LogP contribution is 2.51. The zero-order valence-corrected chi connectivity index (χ0v) is 20.7. The van der Waals surface area contributed by atoms with Crippen molar-refractivity contribution < 1.29 is 23.4 Å². The molecule has 0 aromatic heterocycles. The molecule has 2 saturated carbocycles. The Morgan fingerprint density at radius 1 is 1.12 bits per heavy atom.